The molecule has 0 saturated carbocycles. The highest BCUT2D eigenvalue weighted by atomic mass is 35.5. The SMILES string of the molecule is CCN(CC)C(C)(CC)C(Cc1c(F)cccc1Cl)NN. The van der Waals surface area contributed by atoms with Crippen LogP contribution in [0.5, 0.6) is 0 Å². The van der Waals surface area contributed by atoms with Gasteiger partial charge >= 0.3 is 0 Å². The Balaban J connectivity index is 3.11. The van der Waals surface area contributed by atoms with E-state index in [1.165, 1.54) is 6.07 Å². The van der Waals surface area contributed by atoms with Gasteiger partial charge in [-0.1, -0.05) is 38.4 Å². The second-order valence-corrected chi connectivity index (χ2v) is 5.91. The fraction of sp³-hybridized carbons (Fsp3) is 0.625. The van der Waals surface area contributed by atoms with Gasteiger partial charge in [-0.3, -0.25) is 16.2 Å². The second kappa shape index (κ2) is 8.08. The summed E-state index contributed by atoms with van der Waals surface area (Å²) in [5.74, 6) is 5.51. The van der Waals surface area contributed by atoms with E-state index >= 15 is 0 Å². The zero-order valence-electron chi connectivity index (χ0n) is 13.4. The summed E-state index contributed by atoms with van der Waals surface area (Å²) in [5.41, 5.74) is 3.24. The van der Waals surface area contributed by atoms with Crippen molar-refractivity contribution < 1.29 is 4.39 Å². The van der Waals surface area contributed by atoms with Crippen LogP contribution in [0.25, 0.3) is 0 Å². The molecule has 0 saturated heterocycles. The first-order chi connectivity index (χ1) is 9.94. The molecule has 0 aliphatic heterocycles. The minimum atomic E-state index is -0.277. The van der Waals surface area contributed by atoms with E-state index in [0.717, 1.165) is 19.5 Å². The molecule has 120 valence electrons. The van der Waals surface area contributed by atoms with E-state index in [0.29, 0.717) is 17.0 Å². The Bertz CT molecular complexity index is 431. The highest BCUT2D eigenvalue weighted by Crippen LogP contribution is 2.28. The number of nitrogens with zero attached hydrogens (tertiary/aromatic N) is 1. The first-order valence-electron chi connectivity index (χ1n) is 7.58. The molecule has 0 aliphatic carbocycles. The zero-order valence-corrected chi connectivity index (χ0v) is 14.2. The lowest BCUT2D eigenvalue weighted by atomic mass is 9.83. The molecule has 1 aromatic rings. The highest BCUT2D eigenvalue weighted by Gasteiger charge is 2.37. The van der Waals surface area contributed by atoms with E-state index in [1.807, 2.05) is 0 Å². The van der Waals surface area contributed by atoms with Gasteiger partial charge in [-0.2, -0.15) is 0 Å². The molecule has 0 spiro atoms. The van der Waals surface area contributed by atoms with Crippen LogP contribution in [-0.2, 0) is 6.42 Å². The van der Waals surface area contributed by atoms with Crippen LogP contribution in [0.2, 0.25) is 5.02 Å². The minimum Gasteiger partial charge on any atom is -0.297 e. The van der Waals surface area contributed by atoms with E-state index < -0.39 is 0 Å². The van der Waals surface area contributed by atoms with E-state index in [9.17, 15) is 4.39 Å². The molecule has 1 aromatic carbocycles. The van der Waals surface area contributed by atoms with Gasteiger partial charge in [-0.25, -0.2) is 4.39 Å². The molecule has 2 unspecified atom stereocenters. The molecule has 0 amide bonds. The largest absolute Gasteiger partial charge is 0.297 e. The summed E-state index contributed by atoms with van der Waals surface area (Å²) in [6, 6.07) is 4.69. The molecular weight excluding hydrogens is 289 g/mol. The van der Waals surface area contributed by atoms with Crippen LogP contribution >= 0.6 is 11.6 Å². The number of nitrogens with two attached hydrogens (primary N) is 1. The summed E-state index contributed by atoms with van der Waals surface area (Å²) in [6.07, 6.45) is 1.37. The van der Waals surface area contributed by atoms with Gasteiger partial charge in [0, 0.05) is 22.2 Å². The molecule has 1 rings (SSSR count). The van der Waals surface area contributed by atoms with Crippen molar-refractivity contribution in [3.05, 3.63) is 34.6 Å². The van der Waals surface area contributed by atoms with Crippen molar-refractivity contribution in [2.75, 3.05) is 13.1 Å². The molecule has 0 aliphatic rings. The van der Waals surface area contributed by atoms with Crippen molar-refractivity contribution in [2.45, 2.75) is 52.1 Å². The number of benzene rings is 1. The topological polar surface area (TPSA) is 41.3 Å². The second-order valence-electron chi connectivity index (χ2n) is 5.51. The Hall–Kier alpha value is -0.680. The molecule has 21 heavy (non-hydrogen) atoms. The van der Waals surface area contributed by atoms with Gasteiger partial charge in [0.1, 0.15) is 5.82 Å². The third kappa shape index (κ3) is 3.95. The summed E-state index contributed by atoms with van der Waals surface area (Å²) in [6.45, 7) is 10.4. The van der Waals surface area contributed by atoms with Crippen LogP contribution in [0, 0.1) is 5.82 Å². The van der Waals surface area contributed by atoms with Gasteiger partial charge in [-0.05, 0) is 45.0 Å². The predicted molar refractivity (Wildman–Crippen MR) is 87.8 cm³/mol. The van der Waals surface area contributed by atoms with Crippen LogP contribution in [-0.4, -0.2) is 29.6 Å². The fourth-order valence-electron chi connectivity index (χ4n) is 3.03. The highest BCUT2D eigenvalue weighted by molar-refractivity contribution is 6.31. The van der Waals surface area contributed by atoms with Crippen LogP contribution in [0.15, 0.2) is 18.2 Å². The molecular formula is C16H27ClFN3. The molecule has 3 N–H and O–H groups in total. The third-order valence-corrected chi connectivity index (χ3v) is 4.98. The maximum Gasteiger partial charge on any atom is 0.127 e. The van der Waals surface area contributed by atoms with Crippen LogP contribution < -0.4 is 11.3 Å². The summed E-state index contributed by atoms with van der Waals surface area (Å²) in [7, 11) is 0. The minimum absolute atomic E-state index is 0.0863. The lowest BCUT2D eigenvalue weighted by molar-refractivity contribution is 0.0698. The fourth-order valence-corrected chi connectivity index (χ4v) is 3.27. The van der Waals surface area contributed by atoms with Gasteiger partial charge in [0.15, 0.2) is 0 Å². The Morgan fingerprint density at radius 2 is 1.95 bits per heavy atom. The molecule has 0 aromatic heterocycles. The predicted octanol–water partition coefficient (Wildman–Crippen LogP) is 3.36. The molecule has 0 fully saturated rings. The average molecular weight is 316 g/mol. The quantitative estimate of drug-likeness (QED) is 0.571. The van der Waals surface area contributed by atoms with E-state index in [4.69, 9.17) is 17.4 Å². The summed E-state index contributed by atoms with van der Waals surface area (Å²) in [4.78, 5) is 2.35. The first kappa shape index (κ1) is 18.4. The van der Waals surface area contributed by atoms with Gasteiger partial charge in [-0.15, -0.1) is 0 Å². The van der Waals surface area contributed by atoms with Crippen molar-refractivity contribution in [3.8, 4) is 0 Å². The van der Waals surface area contributed by atoms with E-state index in [-0.39, 0.29) is 17.4 Å². The normalized spacial score (nSPS) is 16.0. The average Bonchev–Trinajstić information content (AvgIpc) is 2.48. The Labute approximate surface area is 132 Å². The van der Waals surface area contributed by atoms with Gasteiger partial charge < -0.3 is 0 Å². The standard InChI is InChI=1S/C16H27ClFN3/c1-5-16(4,21(6-2)7-3)15(20-19)11-12-13(17)9-8-10-14(12)18/h8-10,15,20H,5-7,11,19H2,1-4H3. The molecule has 0 radical (unpaired) electrons. The third-order valence-electron chi connectivity index (χ3n) is 4.62. The van der Waals surface area contributed by atoms with Crippen molar-refractivity contribution in [3.63, 3.8) is 0 Å². The number of nitrogens with one attached hydrogen (secondary N) is 1. The maximum absolute atomic E-state index is 14.0. The number of hydrazine groups is 1. The smallest absolute Gasteiger partial charge is 0.127 e. The van der Waals surface area contributed by atoms with Gasteiger partial charge in [0.05, 0.1) is 0 Å². The number of hydrogen-bond acceptors (Lipinski definition) is 3. The summed E-state index contributed by atoms with van der Waals surface area (Å²) < 4.78 is 14.0. The van der Waals surface area contributed by atoms with Gasteiger partial charge in [0.2, 0.25) is 0 Å². The van der Waals surface area contributed by atoms with Crippen molar-refractivity contribution >= 4 is 11.6 Å². The first-order valence-corrected chi connectivity index (χ1v) is 7.96. The Morgan fingerprint density at radius 3 is 2.38 bits per heavy atom. The van der Waals surface area contributed by atoms with E-state index in [1.54, 1.807) is 12.1 Å². The number of halogens is 2. The molecule has 5 heteroatoms. The van der Waals surface area contributed by atoms with Crippen molar-refractivity contribution in [2.24, 2.45) is 5.84 Å². The lowest BCUT2D eigenvalue weighted by Crippen LogP contribution is -2.61. The lowest BCUT2D eigenvalue weighted by Gasteiger charge is -2.45. The number of likely N-dealkylation sites (N-methyl/N-ethyl adjacent to an activating group) is 1. The van der Waals surface area contributed by atoms with Crippen LogP contribution in [0.1, 0.15) is 39.7 Å². The van der Waals surface area contributed by atoms with Crippen LogP contribution in [0.4, 0.5) is 4.39 Å². The molecule has 2 atom stereocenters. The monoisotopic (exact) mass is 315 g/mol. The Morgan fingerprint density at radius 1 is 1.33 bits per heavy atom. The molecule has 0 bridgehead atoms. The van der Waals surface area contributed by atoms with Crippen LogP contribution in [0.3, 0.4) is 0 Å². The van der Waals surface area contributed by atoms with Crippen molar-refractivity contribution in [1.82, 2.24) is 10.3 Å². The summed E-state index contributed by atoms with van der Waals surface area (Å²) in [5, 5.41) is 0.452. The molecule has 0 heterocycles. The molecule has 3 nitrogen and oxygen atoms in total. The number of rotatable bonds is 8. The summed E-state index contributed by atoms with van der Waals surface area (Å²) >= 11 is 6.15. The Kier molecular flexibility index (Phi) is 7.07. The zero-order chi connectivity index (χ0) is 16.0. The number of hydrogen-bond donors (Lipinski definition) is 2. The van der Waals surface area contributed by atoms with Gasteiger partial charge in [0.25, 0.3) is 0 Å². The van der Waals surface area contributed by atoms with Crippen molar-refractivity contribution in [1.29, 1.82) is 0 Å². The maximum atomic E-state index is 14.0. The van der Waals surface area contributed by atoms with E-state index in [2.05, 4.69) is 38.0 Å².